The van der Waals surface area contributed by atoms with Gasteiger partial charge in [0.25, 0.3) is 0 Å². The van der Waals surface area contributed by atoms with Gasteiger partial charge in [0.05, 0.1) is 13.2 Å². The second-order valence-electron chi connectivity index (χ2n) is 16.9. The monoisotopic (exact) mass is 847 g/mol. The molecule has 0 rings (SSSR count). The van der Waals surface area contributed by atoms with Crippen molar-refractivity contribution in [1.82, 2.24) is 0 Å². The number of carbonyl (C=O) groups is 1. The Balaban J connectivity index is 3.48. The van der Waals surface area contributed by atoms with Crippen molar-refractivity contribution >= 4 is 5.97 Å². The molecule has 0 aromatic carbocycles. The topological polar surface area (TPSA) is 55.8 Å². The van der Waals surface area contributed by atoms with Gasteiger partial charge in [0, 0.05) is 13.0 Å². The van der Waals surface area contributed by atoms with Gasteiger partial charge in [-0.05, 0) is 96.3 Å². The molecule has 0 amide bonds. The predicted octanol–water partition coefficient (Wildman–Crippen LogP) is 17.7. The molecule has 1 unspecified atom stereocenters. The summed E-state index contributed by atoms with van der Waals surface area (Å²) in [4.78, 5) is 12.3. The van der Waals surface area contributed by atoms with Gasteiger partial charge in [-0.3, -0.25) is 4.79 Å². The summed E-state index contributed by atoms with van der Waals surface area (Å²) in [5, 5.41) is 9.65. The van der Waals surface area contributed by atoms with Crippen molar-refractivity contribution < 1.29 is 19.4 Å². The number of allylic oxidation sites excluding steroid dienone is 16. The number of rotatable bonds is 47. The lowest BCUT2D eigenvalue weighted by Gasteiger charge is -2.15. The predicted molar refractivity (Wildman–Crippen MR) is 269 cm³/mol. The highest BCUT2D eigenvalue weighted by Gasteiger charge is 2.13. The Morgan fingerprint density at radius 3 is 1.11 bits per heavy atom. The average Bonchev–Trinajstić information content (AvgIpc) is 3.27. The van der Waals surface area contributed by atoms with Crippen LogP contribution in [0, 0.1) is 0 Å². The fraction of sp³-hybridized carbons (Fsp3) is 0.702. The van der Waals surface area contributed by atoms with E-state index in [4.69, 9.17) is 9.47 Å². The van der Waals surface area contributed by atoms with Crippen molar-refractivity contribution in [2.24, 2.45) is 0 Å². The summed E-state index contributed by atoms with van der Waals surface area (Å²) in [6.45, 7) is 5.20. The zero-order valence-electron chi connectivity index (χ0n) is 40.1. The molecule has 61 heavy (non-hydrogen) atoms. The lowest BCUT2D eigenvalue weighted by molar-refractivity contribution is -0.154. The minimum atomic E-state index is -0.555. The number of ether oxygens (including phenoxy) is 2. The van der Waals surface area contributed by atoms with Crippen LogP contribution < -0.4 is 0 Å². The Kier molecular flexibility index (Phi) is 51.1. The molecular formula is C57H98O4. The first-order valence-corrected chi connectivity index (χ1v) is 25.8. The third-order valence-corrected chi connectivity index (χ3v) is 10.9. The smallest absolute Gasteiger partial charge is 0.306 e. The van der Waals surface area contributed by atoms with Gasteiger partial charge in [0.2, 0.25) is 0 Å². The highest BCUT2D eigenvalue weighted by atomic mass is 16.6. The molecule has 1 N–H and O–H groups in total. The molecule has 0 heterocycles. The molecule has 0 saturated heterocycles. The summed E-state index contributed by atoms with van der Waals surface area (Å²) in [5.74, 6) is -0.226. The largest absolute Gasteiger partial charge is 0.457 e. The van der Waals surface area contributed by atoms with Crippen LogP contribution in [0.5, 0.6) is 0 Å². The fourth-order valence-electron chi connectivity index (χ4n) is 7.07. The molecule has 4 nitrogen and oxygen atoms in total. The van der Waals surface area contributed by atoms with Crippen LogP contribution in [0.2, 0.25) is 0 Å². The van der Waals surface area contributed by atoms with Gasteiger partial charge in [-0.15, -0.1) is 0 Å². The first kappa shape index (κ1) is 58.3. The Morgan fingerprint density at radius 2 is 0.738 bits per heavy atom. The minimum Gasteiger partial charge on any atom is -0.457 e. The van der Waals surface area contributed by atoms with E-state index in [-0.39, 0.29) is 19.2 Å². The molecule has 0 radical (unpaired) electrons. The number of hydrogen-bond donors (Lipinski definition) is 1. The van der Waals surface area contributed by atoms with Crippen LogP contribution in [-0.2, 0) is 14.3 Å². The zero-order chi connectivity index (χ0) is 44.0. The number of carbonyl (C=O) groups excluding carboxylic acids is 1. The van der Waals surface area contributed by atoms with Gasteiger partial charge in [-0.25, -0.2) is 0 Å². The lowest BCUT2D eigenvalue weighted by Crippen LogP contribution is -2.27. The highest BCUT2D eigenvalue weighted by Crippen LogP contribution is 2.14. The zero-order valence-corrected chi connectivity index (χ0v) is 40.1. The molecule has 350 valence electrons. The second-order valence-corrected chi connectivity index (χ2v) is 16.9. The van der Waals surface area contributed by atoms with E-state index in [2.05, 4.69) is 111 Å². The van der Waals surface area contributed by atoms with Crippen LogP contribution in [0.25, 0.3) is 0 Å². The molecular weight excluding hydrogens is 749 g/mol. The van der Waals surface area contributed by atoms with Crippen molar-refractivity contribution in [1.29, 1.82) is 0 Å². The van der Waals surface area contributed by atoms with Gasteiger partial charge < -0.3 is 14.6 Å². The molecule has 4 heteroatoms. The summed E-state index contributed by atoms with van der Waals surface area (Å²) in [6.07, 6.45) is 76.4. The Bertz CT molecular complexity index is 1120. The van der Waals surface area contributed by atoms with E-state index < -0.39 is 6.10 Å². The Hall–Kier alpha value is -2.69. The van der Waals surface area contributed by atoms with Crippen molar-refractivity contribution in [2.45, 2.75) is 238 Å². The fourth-order valence-corrected chi connectivity index (χ4v) is 7.07. The van der Waals surface area contributed by atoms with E-state index in [1.807, 2.05) is 0 Å². The number of hydrogen-bond acceptors (Lipinski definition) is 4. The van der Waals surface area contributed by atoms with Gasteiger partial charge in [-0.1, -0.05) is 227 Å². The number of aliphatic hydroxyl groups is 1. The molecule has 0 aliphatic rings. The maximum atomic E-state index is 12.3. The molecule has 0 bridgehead atoms. The molecule has 0 aromatic heterocycles. The van der Waals surface area contributed by atoms with Gasteiger partial charge in [0.1, 0.15) is 6.10 Å². The van der Waals surface area contributed by atoms with Crippen molar-refractivity contribution in [3.63, 3.8) is 0 Å². The van der Waals surface area contributed by atoms with Crippen LogP contribution in [-0.4, -0.2) is 37.0 Å². The summed E-state index contributed by atoms with van der Waals surface area (Å²) >= 11 is 0. The molecule has 0 aliphatic heterocycles. The lowest BCUT2D eigenvalue weighted by atomic mass is 10.0. The number of esters is 1. The van der Waals surface area contributed by atoms with Gasteiger partial charge >= 0.3 is 5.97 Å². The van der Waals surface area contributed by atoms with Crippen molar-refractivity contribution in [3.8, 4) is 0 Å². The van der Waals surface area contributed by atoms with Crippen molar-refractivity contribution in [3.05, 3.63) is 97.2 Å². The Labute approximate surface area is 379 Å². The summed E-state index contributed by atoms with van der Waals surface area (Å²) in [6, 6.07) is 0. The van der Waals surface area contributed by atoms with E-state index in [9.17, 15) is 9.90 Å². The molecule has 1 atom stereocenters. The van der Waals surface area contributed by atoms with Crippen LogP contribution in [0.4, 0.5) is 0 Å². The average molecular weight is 847 g/mol. The molecule has 0 aliphatic carbocycles. The van der Waals surface area contributed by atoms with Crippen LogP contribution in [0.3, 0.4) is 0 Å². The van der Waals surface area contributed by atoms with E-state index in [1.54, 1.807) is 0 Å². The van der Waals surface area contributed by atoms with E-state index in [0.717, 1.165) is 83.5 Å². The summed E-state index contributed by atoms with van der Waals surface area (Å²) < 4.78 is 11.2. The first-order chi connectivity index (χ1) is 30.2. The van der Waals surface area contributed by atoms with Crippen LogP contribution in [0.15, 0.2) is 97.2 Å². The summed E-state index contributed by atoms with van der Waals surface area (Å²) in [5.41, 5.74) is 0. The molecule has 0 spiro atoms. The number of aliphatic hydroxyl groups excluding tert-OH is 1. The molecule has 0 fully saturated rings. The highest BCUT2D eigenvalue weighted by molar-refractivity contribution is 5.69. The quantitative estimate of drug-likeness (QED) is 0.0377. The first-order valence-electron chi connectivity index (χ1n) is 25.8. The van der Waals surface area contributed by atoms with Gasteiger partial charge in [0.15, 0.2) is 0 Å². The van der Waals surface area contributed by atoms with E-state index in [0.29, 0.717) is 13.0 Å². The van der Waals surface area contributed by atoms with Crippen molar-refractivity contribution in [2.75, 3.05) is 19.8 Å². The normalized spacial score (nSPS) is 13.2. The maximum Gasteiger partial charge on any atom is 0.306 e. The van der Waals surface area contributed by atoms with Crippen LogP contribution >= 0.6 is 0 Å². The standard InChI is InChI=1S/C57H98O4/c1-3-5-7-9-11-13-15-17-19-21-23-25-27-28-29-31-33-35-37-39-41-43-45-47-49-51-53-60-55-56(54-58)61-57(59)52-50-48-46-44-42-40-38-36-34-32-30-26-24-22-20-18-16-14-12-10-8-6-4-2/h6,8,12,14-15,17-18,20-21,23-24,26,32,34,38,40,56,58H,3-5,7,9-11,13,16,19,22,25,27-31,33,35-37,39,41-55H2,1-2H3/b8-6-,14-12-,17-15-,20-18-,23-21-,26-24-,34-32-,40-38-. The van der Waals surface area contributed by atoms with E-state index in [1.165, 1.54) is 128 Å². The third-order valence-electron chi connectivity index (χ3n) is 10.9. The van der Waals surface area contributed by atoms with Crippen LogP contribution in [0.1, 0.15) is 232 Å². The molecule has 0 saturated carbocycles. The minimum absolute atomic E-state index is 0.187. The SMILES string of the molecule is CC/C=C\C/C=C\C/C=C\C/C=C\C/C=C\C/C=C\CCCCCCC(=O)OC(CO)COCCCCCCCCCCCCCCCC/C=C\C/C=C\CCCCCCC. The third kappa shape index (κ3) is 51.6. The number of unbranched alkanes of at least 4 members (excludes halogenated alkanes) is 23. The maximum absolute atomic E-state index is 12.3. The molecule has 0 aromatic rings. The summed E-state index contributed by atoms with van der Waals surface area (Å²) in [7, 11) is 0. The van der Waals surface area contributed by atoms with E-state index >= 15 is 0 Å². The second kappa shape index (κ2) is 53.4. The van der Waals surface area contributed by atoms with Gasteiger partial charge in [-0.2, -0.15) is 0 Å². The Morgan fingerprint density at radius 1 is 0.410 bits per heavy atom.